The zero-order valence-corrected chi connectivity index (χ0v) is 15.8. The van der Waals surface area contributed by atoms with Gasteiger partial charge in [0, 0.05) is 29.2 Å². The second kappa shape index (κ2) is 8.10. The summed E-state index contributed by atoms with van der Waals surface area (Å²) < 4.78 is 0. The average molecular weight is 389 g/mol. The summed E-state index contributed by atoms with van der Waals surface area (Å²) in [6.45, 7) is 0. The van der Waals surface area contributed by atoms with Crippen molar-refractivity contribution in [3.63, 3.8) is 0 Å². The number of carbonyl (C=O) groups is 2. The van der Waals surface area contributed by atoms with Gasteiger partial charge < -0.3 is 15.6 Å². The van der Waals surface area contributed by atoms with Gasteiger partial charge >= 0.3 is 0 Å². The maximum absolute atomic E-state index is 12.9. The van der Waals surface area contributed by atoms with E-state index in [-0.39, 0.29) is 11.8 Å². The van der Waals surface area contributed by atoms with Crippen molar-refractivity contribution in [3.05, 3.63) is 88.7 Å². The number of thiophene rings is 1. The Morgan fingerprint density at radius 3 is 2.54 bits per heavy atom. The molecule has 2 heterocycles. The van der Waals surface area contributed by atoms with E-state index in [0.717, 1.165) is 16.5 Å². The van der Waals surface area contributed by atoms with E-state index in [9.17, 15) is 9.59 Å². The van der Waals surface area contributed by atoms with Crippen molar-refractivity contribution in [1.29, 1.82) is 0 Å². The first-order chi connectivity index (χ1) is 13.7. The lowest BCUT2D eigenvalue weighted by molar-refractivity contribution is -0.118. The minimum atomic E-state index is -0.700. The smallest absolute Gasteiger partial charge is 0.262 e. The topological polar surface area (TPSA) is 74.0 Å². The molecular weight excluding hydrogens is 370 g/mol. The Kier molecular flexibility index (Phi) is 5.21. The lowest BCUT2D eigenvalue weighted by Crippen LogP contribution is -2.45. The van der Waals surface area contributed by atoms with E-state index in [1.165, 1.54) is 11.3 Å². The number of anilines is 1. The van der Waals surface area contributed by atoms with Crippen LogP contribution in [0.1, 0.15) is 15.2 Å². The fourth-order valence-electron chi connectivity index (χ4n) is 3.12. The Hall–Kier alpha value is -3.38. The van der Waals surface area contributed by atoms with Gasteiger partial charge in [0.05, 0.1) is 4.88 Å². The van der Waals surface area contributed by atoms with Crippen LogP contribution in [0.15, 0.2) is 78.3 Å². The number of H-pyrrole nitrogens is 1. The van der Waals surface area contributed by atoms with Gasteiger partial charge in [0.2, 0.25) is 5.91 Å². The van der Waals surface area contributed by atoms with Gasteiger partial charge in [-0.25, -0.2) is 0 Å². The maximum Gasteiger partial charge on any atom is 0.262 e. The Morgan fingerprint density at radius 2 is 1.75 bits per heavy atom. The van der Waals surface area contributed by atoms with Gasteiger partial charge in [0.1, 0.15) is 6.04 Å². The zero-order valence-electron chi connectivity index (χ0n) is 15.0. The van der Waals surface area contributed by atoms with Crippen LogP contribution in [0, 0.1) is 0 Å². The quantitative estimate of drug-likeness (QED) is 0.462. The molecule has 0 bridgehead atoms. The van der Waals surface area contributed by atoms with Gasteiger partial charge in [-0.1, -0.05) is 42.5 Å². The predicted octanol–water partition coefficient (Wildman–Crippen LogP) is 4.21. The highest BCUT2D eigenvalue weighted by molar-refractivity contribution is 7.12. The van der Waals surface area contributed by atoms with Crippen LogP contribution in [-0.4, -0.2) is 22.8 Å². The van der Waals surface area contributed by atoms with Gasteiger partial charge in [0.25, 0.3) is 5.91 Å². The van der Waals surface area contributed by atoms with Gasteiger partial charge in [-0.2, -0.15) is 0 Å². The molecule has 0 aliphatic heterocycles. The van der Waals surface area contributed by atoms with E-state index in [0.29, 0.717) is 17.0 Å². The monoisotopic (exact) mass is 389 g/mol. The Bertz CT molecular complexity index is 1090. The lowest BCUT2D eigenvalue weighted by atomic mass is 10.0. The van der Waals surface area contributed by atoms with Crippen LogP contribution in [0.25, 0.3) is 10.9 Å². The molecular formula is C22H19N3O2S. The highest BCUT2D eigenvalue weighted by Crippen LogP contribution is 2.20. The van der Waals surface area contributed by atoms with E-state index >= 15 is 0 Å². The van der Waals surface area contributed by atoms with E-state index in [1.54, 1.807) is 6.07 Å². The minimum Gasteiger partial charge on any atom is -0.361 e. The van der Waals surface area contributed by atoms with Crippen molar-refractivity contribution in [2.24, 2.45) is 0 Å². The number of rotatable bonds is 6. The summed E-state index contributed by atoms with van der Waals surface area (Å²) in [6, 6.07) is 20.0. The molecule has 0 saturated heterocycles. The molecule has 4 aromatic rings. The van der Waals surface area contributed by atoms with Gasteiger partial charge in [0.15, 0.2) is 0 Å². The predicted molar refractivity (Wildman–Crippen MR) is 113 cm³/mol. The van der Waals surface area contributed by atoms with Crippen LogP contribution >= 0.6 is 11.3 Å². The normalized spacial score (nSPS) is 11.9. The molecule has 2 amide bonds. The van der Waals surface area contributed by atoms with Crippen LogP contribution in [0.3, 0.4) is 0 Å². The first-order valence-electron chi connectivity index (χ1n) is 8.96. The summed E-state index contributed by atoms with van der Waals surface area (Å²) in [6.07, 6.45) is 2.28. The van der Waals surface area contributed by atoms with E-state index in [1.807, 2.05) is 72.2 Å². The molecule has 3 N–H and O–H groups in total. The molecule has 4 rings (SSSR count). The van der Waals surface area contributed by atoms with Crippen LogP contribution in [0.4, 0.5) is 5.69 Å². The maximum atomic E-state index is 12.9. The van der Waals surface area contributed by atoms with Crippen molar-refractivity contribution in [1.82, 2.24) is 10.3 Å². The number of fused-ring (bicyclic) bond motifs is 1. The standard InChI is InChI=1S/C22H19N3O2S/c26-21(24-16-7-2-1-3-8-16)19(25-22(27)20-11-6-12-28-20)13-15-14-23-18-10-5-4-9-17(15)18/h1-12,14,19,23H,13H2,(H,24,26)(H,25,27)/t19-/m0/s1. The van der Waals surface area contributed by atoms with Crippen molar-refractivity contribution in [2.45, 2.75) is 12.5 Å². The number of hydrogen-bond donors (Lipinski definition) is 3. The third-order valence-corrected chi connectivity index (χ3v) is 5.38. The van der Waals surface area contributed by atoms with Crippen LogP contribution in [-0.2, 0) is 11.2 Å². The number of carbonyl (C=O) groups excluding carboxylic acids is 2. The molecule has 1 atom stereocenters. The molecule has 0 aliphatic carbocycles. The van der Waals surface area contributed by atoms with Crippen LogP contribution < -0.4 is 10.6 Å². The molecule has 0 fully saturated rings. The van der Waals surface area contributed by atoms with Crippen molar-refractivity contribution < 1.29 is 9.59 Å². The summed E-state index contributed by atoms with van der Waals surface area (Å²) in [7, 11) is 0. The van der Waals surface area contributed by atoms with Gasteiger partial charge in [-0.3, -0.25) is 9.59 Å². The summed E-state index contributed by atoms with van der Waals surface area (Å²) in [5.74, 6) is -0.496. The first kappa shape index (κ1) is 18.0. The largest absolute Gasteiger partial charge is 0.361 e. The lowest BCUT2D eigenvalue weighted by Gasteiger charge is -2.18. The van der Waals surface area contributed by atoms with Crippen molar-refractivity contribution in [2.75, 3.05) is 5.32 Å². The summed E-state index contributed by atoms with van der Waals surface area (Å²) >= 11 is 1.35. The molecule has 5 nitrogen and oxygen atoms in total. The second-order valence-electron chi connectivity index (χ2n) is 6.42. The van der Waals surface area contributed by atoms with Gasteiger partial charge in [-0.15, -0.1) is 11.3 Å². The molecule has 140 valence electrons. The Balaban J connectivity index is 1.58. The minimum absolute atomic E-state index is 0.247. The third kappa shape index (κ3) is 3.97. The zero-order chi connectivity index (χ0) is 19.3. The molecule has 2 aromatic carbocycles. The molecule has 0 radical (unpaired) electrons. The number of amides is 2. The SMILES string of the molecule is O=C(N[C@@H](Cc1c[nH]c2ccccc12)C(=O)Nc1ccccc1)c1cccs1. The Labute approximate surface area is 166 Å². The fourth-order valence-corrected chi connectivity index (χ4v) is 3.74. The van der Waals surface area contributed by atoms with E-state index in [4.69, 9.17) is 0 Å². The molecule has 2 aromatic heterocycles. The highest BCUT2D eigenvalue weighted by Gasteiger charge is 2.23. The Morgan fingerprint density at radius 1 is 0.964 bits per heavy atom. The summed E-state index contributed by atoms with van der Waals surface area (Å²) in [4.78, 5) is 29.3. The molecule has 0 saturated carbocycles. The van der Waals surface area contributed by atoms with Crippen LogP contribution in [0.5, 0.6) is 0 Å². The summed E-state index contributed by atoms with van der Waals surface area (Å²) in [5, 5.41) is 8.67. The number of hydrogen-bond acceptors (Lipinski definition) is 3. The van der Waals surface area contributed by atoms with Crippen molar-refractivity contribution >= 4 is 39.7 Å². The molecule has 0 unspecified atom stereocenters. The molecule has 28 heavy (non-hydrogen) atoms. The average Bonchev–Trinajstić information content (AvgIpc) is 3.39. The van der Waals surface area contributed by atoms with Gasteiger partial charge in [-0.05, 0) is 35.2 Å². The number of aromatic nitrogens is 1. The number of benzene rings is 2. The number of nitrogens with one attached hydrogen (secondary N) is 3. The van der Waals surface area contributed by atoms with E-state index in [2.05, 4.69) is 15.6 Å². The van der Waals surface area contributed by atoms with Crippen LogP contribution in [0.2, 0.25) is 0 Å². The van der Waals surface area contributed by atoms with Crippen molar-refractivity contribution in [3.8, 4) is 0 Å². The van der Waals surface area contributed by atoms with E-state index < -0.39 is 6.04 Å². The molecule has 0 spiro atoms. The number of aromatic amines is 1. The second-order valence-corrected chi connectivity index (χ2v) is 7.37. The third-order valence-electron chi connectivity index (χ3n) is 4.51. The number of para-hydroxylation sites is 2. The first-order valence-corrected chi connectivity index (χ1v) is 9.84. The molecule has 6 heteroatoms. The molecule has 0 aliphatic rings. The highest BCUT2D eigenvalue weighted by atomic mass is 32.1. The fraction of sp³-hybridized carbons (Fsp3) is 0.0909. The summed E-state index contributed by atoms with van der Waals surface area (Å²) in [5.41, 5.74) is 2.68.